The summed E-state index contributed by atoms with van der Waals surface area (Å²) in [4.78, 5) is 16.9. The van der Waals surface area contributed by atoms with Crippen LogP contribution in [-0.4, -0.2) is 34.0 Å². The average Bonchev–Trinajstić information content (AvgIpc) is 3.25. The summed E-state index contributed by atoms with van der Waals surface area (Å²) in [6, 6.07) is 8.42. The maximum atomic E-state index is 13.9. The first-order chi connectivity index (χ1) is 15.8. The summed E-state index contributed by atoms with van der Waals surface area (Å²) < 4.78 is 47.5. The number of rotatable bonds is 6. The van der Waals surface area contributed by atoms with Gasteiger partial charge >= 0.3 is 6.18 Å². The quantitative estimate of drug-likeness (QED) is 0.570. The Bertz CT molecular complexity index is 1110. The summed E-state index contributed by atoms with van der Waals surface area (Å²) in [6.07, 6.45) is -1.16. The maximum Gasteiger partial charge on any atom is 0.410 e. The monoisotopic (exact) mass is 459 g/mol. The van der Waals surface area contributed by atoms with Gasteiger partial charge in [0, 0.05) is 25.2 Å². The van der Waals surface area contributed by atoms with Crippen molar-refractivity contribution in [2.45, 2.75) is 44.6 Å². The van der Waals surface area contributed by atoms with E-state index in [1.165, 1.54) is 13.3 Å². The van der Waals surface area contributed by atoms with Crippen LogP contribution in [-0.2, 0) is 13.0 Å². The molecule has 0 saturated heterocycles. The predicted molar refractivity (Wildman–Crippen MR) is 116 cm³/mol. The number of nitrogens with zero attached hydrogens (tertiary/aromatic N) is 3. The fraction of sp³-hybridized carbons (Fsp3) is 0.348. The van der Waals surface area contributed by atoms with E-state index in [9.17, 15) is 18.0 Å². The summed E-state index contributed by atoms with van der Waals surface area (Å²) in [5.74, 6) is -0.0304. The molecule has 33 heavy (non-hydrogen) atoms. The van der Waals surface area contributed by atoms with Crippen molar-refractivity contribution in [2.24, 2.45) is 0 Å². The Hall–Kier alpha value is -3.56. The molecule has 3 aromatic rings. The van der Waals surface area contributed by atoms with Gasteiger partial charge in [0.2, 0.25) is 5.88 Å². The molecule has 1 aliphatic rings. The molecule has 4 rings (SSSR count). The molecule has 0 radical (unpaired) electrons. The summed E-state index contributed by atoms with van der Waals surface area (Å²) in [7, 11) is 1.50. The second-order valence-corrected chi connectivity index (χ2v) is 7.83. The van der Waals surface area contributed by atoms with Crippen molar-refractivity contribution >= 4 is 11.7 Å². The van der Waals surface area contributed by atoms with Crippen LogP contribution in [0.4, 0.5) is 19.0 Å². The Morgan fingerprint density at radius 3 is 2.52 bits per heavy atom. The molecule has 0 spiro atoms. The molecule has 174 valence electrons. The van der Waals surface area contributed by atoms with Gasteiger partial charge in [-0.15, -0.1) is 0 Å². The van der Waals surface area contributed by atoms with Crippen LogP contribution in [0.3, 0.4) is 0 Å². The minimum atomic E-state index is -4.51. The van der Waals surface area contributed by atoms with Gasteiger partial charge in [0.1, 0.15) is 11.4 Å². The van der Waals surface area contributed by atoms with Crippen molar-refractivity contribution in [3.8, 4) is 5.88 Å². The number of hydrogen-bond acceptors (Lipinski definition) is 5. The number of alkyl halides is 3. The van der Waals surface area contributed by atoms with Crippen LogP contribution in [0.5, 0.6) is 5.88 Å². The van der Waals surface area contributed by atoms with E-state index in [0.29, 0.717) is 5.88 Å². The van der Waals surface area contributed by atoms with Crippen LogP contribution in [0.15, 0.2) is 48.8 Å². The number of nitrogens with one attached hydrogen (secondary N) is 2. The van der Waals surface area contributed by atoms with Gasteiger partial charge in [0.25, 0.3) is 5.91 Å². The molecule has 2 atom stereocenters. The average molecular weight is 459 g/mol. The van der Waals surface area contributed by atoms with Crippen molar-refractivity contribution < 1.29 is 22.7 Å². The van der Waals surface area contributed by atoms with Gasteiger partial charge in [-0.2, -0.15) is 18.3 Å². The Labute approximate surface area is 189 Å². The lowest BCUT2D eigenvalue weighted by Crippen LogP contribution is -2.36. The highest BCUT2D eigenvalue weighted by Gasteiger charge is 2.47. The molecule has 1 amide bonds. The lowest BCUT2D eigenvalue weighted by atomic mass is 9.95. The first-order valence-electron chi connectivity index (χ1n) is 10.6. The van der Waals surface area contributed by atoms with Gasteiger partial charge in [-0.25, -0.2) is 9.67 Å². The SMILES string of the molecule is CCc1ccc([C@H]2C[C@@H](C(F)(F)F)n3ncc(C(=O)NCc4ccc(OC)nc4)c3N2)cc1. The number of ether oxygens (including phenoxy) is 1. The zero-order valence-electron chi connectivity index (χ0n) is 18.2. The minimum Gasteiger partial charge on any atom is -0.481 e. The number of halogens is 3. The zero-order valence-corrected chi connectivity index (χ0v) is 18.2. The third-order valence-electron chi connectivity index (χ3n) is 5.73. The smallest absolute Gasteiger partial charge is 0.410 e. The number of aromatic nitrogens is 3. The number of pyridine rings is 1. The number of benzene rings is 1. The molecule has 2 N–H and O–H groups in total. The zero-order chi connectivity index (χ0) is 23.6. The fourth-order valence-electron chi connectivity index (χ4n) is 3.85. The third kappa shape index (κ3) is 4.79. The molecule has 0 unspecified atom stereocenters. The molecular weight excluding hydrogens is 435 g/mol. The number of hydrogen-bond donors (Lipinski definition) is 2. The first kappa shape index (κ1) is 22.6. The number of aryl methyl sites for hydroxylation is 1. The van der Waals surface area contributed by atoms with E-state index in [4.69, 9.17) is 4.74 Å². The molecule has 0 fully saturated rings. The Kier molecular flexibility index (Phi) is 6.26. The molecule has 2 aromatic heterocycles. The van der Waals surface area contributed by atoms with Gasteiger partial charge < -0.3 is 15.4 Å². The minimum absolute atomic E-state index is 0.0542. The molecule has 0 aliphatic carbocycles. The summed E-state index contributed by atoms with van der Waals surface area (Å²) in [5, 5.41) is 9.73. The van der Waals surface area contributed by atoms with Crippen molar-refractivity contribution in [1.29, 1.82) is 0 Å². The van der Waals surface area contributed by atoms with Crippen LogP contribution in [0.1, 0.15) is 52.5 Å². The normalized spacial score (nSPS) is 17.7. The molecule has 0 bridgehead atoms. The molecular formula is C23H24F3N5O2. The van der Waals surface area contributed by atoms with Crippen LogP contribution < -0.4 is 15.4 Å². The standard InChI is InChI=1S/C23H24F3N5O2/c1-3-14-4-7-16(8-5-14)18-10-19(23(24,25)26)31-21(30-18)17(13-29-31)22(32)28-12-15-6-9-20(33-2)27-11-15/h4-9,11,13,18-19,30H,3,10,12H2,1-2H3,(H,28,32)/t18-,19+/m1/s1. The van der Waals surface area contributed by atoms with Crippen LogP contribution >= 0.6 is 0 Å². The van der Waals surface area contributed by atoms with E-state index in [1.807, 2.05) is 31.2 Å². The highest BCUT2D eigenvalue weighted by molar-refractivity contribution is 5.98. The van der Waals surface area contributed by atoms with Crippen molar-refractivity contribution in [3.63, 3.8) is 0 Å². The lowest BCUT2D eigenvalue weighted by Gasteiger charge is -2.34. The molecule has 1 aliphatic heterocycles. The third-order valence-corrected chi connectivity index (χ3v) is 5.73. The van der Waals surface area contributed by atoms with Gasteiger partial charge in [-0.1, -0.05) is 37.3 Å². The van der Waals surface area contributed by atoms with E-state index in [0.717, 1.165) is 27.8 Å². The second kappa shape index (κ2) is 9.13. The van der Waals surface area contributed by atoms with Gasteiger partial charge in [-0.3, -0.25) is 4.79 Å². The fourth-order valence-corrected chi connectivity index (χ4v) is 3.85. The van der Waals surface area contributed by atoms with Crippen molar-refractivity contribution in [3.05, 3.63) is 71.0 Å². The molecule has 3 heterocycles. The number of carbonyl (C=O) groups excluding carboxylic acids is 1. The van der Waals surface area contributed by atoms with E-state index in [-0.39, 0.29) is 24.3 Å². The number of carbonyl (C=O) groups is 1. The predicted octanol–water partition coefficient (Wildman–Crippen LogP) is 4.44. The van der Waals surface area contributed by atoms with Crippen LogP contribution in [0, 0.1) is 0 Å². The maximum absolute atomic E-state index is 13.9. The van der Waals surface area contributed by atoms with E-state index >= 15 is 0 Å². The topological polar surface area (TPSA) is 81.1 Å². The summed E-state index contributed by atoms with van der Waals surface area (Å²) >= 11 is 0. The highest BCUT2D eigenvalue weighted by Crippen LogP contribution is 2.44. The molecule has 7 nitrogen and oxygen atoms in total. The van der Waals surface area contributed by atoms with E-state index < -0.39 is 24.2 Å². The number of anilines is 1. The Balaban J connectivity index is 1.57. The number of amides is 1. The molecule has 10 heteroatoms. The Morgan fingerprint density at radius 1 is 1.18 bits per heavy atom. The van der Waals surface area contributed by atoms with Gasteiger partial charge in [0.05, 0.1) is 19.3 Å². The first-order valence-corrected chi connectivity index (χ1v) is 10.6. The largest absolute Gasteiger partial charge is 0.481 e. The van der Waals surface area contributed by atoms with E-state index in [2.05, 4.69) is 20.7 Å². The summed E-state index contributed by atoms with van der Waals surface area (Å²) in [5.41, 5.74) is 2.60. The molecule has 1 aromatic carbocycles. The summed E-state index contributed by atoms with van der Waals surface area (Å²) in [6.45, 7) is 2.17. The van der Waals surface area contributed by atoms with Crippen LogP contribution in [0.2, 0.25) is 0 Å². The number of fused-ring (bicyclic) bond motifs is 1. The van der Waals surface area contributed by atoms with E-state index in [1.54, 1.807) is 18.3 Å². The van der Waals surface area contributed by atoms with Gasteiger partial charge in [0.15, 0.2) is 6.04 Å². The highest BCUT2D eigenvalue weighted by atomic mass is 19.4. The van der Waals surface area contributed by atoms with Gasteiger partial charge in [-0.05, 0) is 23.1 Å². The number of methoxy groups -OCH3 is 1. The van der Waals surface area contributed by atoms with Crippen LogP contribution in [0.25, 0.3) is 0 Å². The van der Waals surface area contributed by atoms with Crippen molar-refractivity contribution in [2.75, 3.05) is 12.4 Å². The molecule has 0 saturated carbocycles. The Morgan fingerprint density at radius 2 is 1.91 bits per heavy atom. The lowest BCUT2D eigenvalue weighted by molar-refractivity contribution is -0.173. The van der Waals surface area contributed by atoms with Crippen molar-refractivity contribution in [1.82, 2.24) is 20.1 Å². The second-order valence-electron chi connectivity index (χ2n) is 7.83.